The zero-order chi connectivity index (χ0) is 25.9. The number of halogens is 3. The monoisotopic (exact) mass is 520 g/mol. The summed E-state index contributed by atoms with van der Waals surface area (Å²) in [6.45, 7) is 11.5. The van der Waals surface area contributed by atoms with Crippen LogP contribution in [0.1, 0.15) is 65.0 Å². The van der Waals surface area contributed by atoms with E-state index in [9.17, 15) is 9.59 Å². The summed E-state index contributed by atoms with van der Waals surface area (Å²) in [5.41, 5.74) is -0.852. The van der Waals surface area contributed by atoms with Crippen molar-refractivity contribution in [1.29, 1.82) is 0 Å². The second-order valence-corrected chi connectivity index (χ2v) is 12.5. The molecule has 0 bridgehead atoms. The highest BCUT2D eigenvalue weighted by molar-refractivity contribution is 6.31. The van der Waals surface area contributed by atoms with Gasteiger partial charge in [0.2, 0.25) is 5.91 Å². The molecule has 2 aliphatic rings. The van der Waals surface area contributed by atoms with Crippen LogP contribution in [0.2, 0.25) is 10.0 Å². The molecule has 2 aromatic rings. The number of rotatable bonds is 3. The van der Waals surface area contributed by atoms with Crippen molar-refractivity contribution in [2.75, 3.05) is 5.32 Å². The maximum Gasteiger partial charge on any atom is 0.324 e. The van der Waals surface area contributed by atoms with Gasteiger partial charge < -0.3 is 10.1 Å². The van der Waals surface area contributed by atoms with Crippen LogP contribution >= 0.6 is 23.2 Å². The molecule has 8 heteroatoms. The fourth-order valence-electron chi connectivity index (χ4n) is 5.49. The van der Waals surface area contributed by atoms with E-state index in [-0.39, 0.29) is 21.9 Å². The number of hydrogen-bond acceptors (Lipinski definition) is 4. The first-order chi connectivity index (χ1) is 16.1. The minimum atomic E-state index is -1.29. The average molecular weight is 521 g/mol. The molecule has 0 aromatic heterocycles. The molecule has 5 nitrogen and oxygen atoms in total. The van der Waals surface area contributed by atoms with Gasteiger partial charge in [-0.15, -0.1) is 0 Å². The van der Waals surface area contributed by atoms with Crippen molar-refractivity contribution < 1.29 is 18.7 Å². The van der Waals surface area contributed by atoms with Gasteiger partial charge in [-0.1, -0.05) is 62.2 Å². The summed E-state index contributed by atoms with van der Waals surface area (Å²) in [5, 5.41) is 6.75. The fraction of sp³-hybridized carbons (Fsp3) is 0.481. The largest absolute Gasteiger partial charge is 0.459 e. The van der Waals surface area contributed by atoms with Gasteiger partial charge >= 0.3 is 5.97 Å². The number of amides is 1. The molecule has 2 N–H and O–H groups in total. The lowest BCUT2D eigenvalue weighted by atomic mass is 9.62. The Kier molecular flexibility index (Phi) is 6.48. The molecule has 2 aliphatic heterocycles. The smallest absolute Gasteiger partial charge is 0.324 e. The number of esters is 1. The van der Waals surface area contributed by atoms with Gasteiger partial charge in [0.15, 0.2) is 0 Å². The van der Waals surface area contributed by atoms with Crippen molar-refractivity contribution in [3.05, 3.63) is 63.4 Å². The second-order valence-electron chi connectivity index (χ2n) is 11.6. The van der Waals surface area contributed by atoms with Crippen molar-refractivity contribution in [3.8, 4) is 0 Å². The third kappa shape index (κ3) is 4.56. The van der Waals surface area contributed by atoms with E-state index in [0.29, 0.717) is 22.7 Å². The molecule has 2 aromatic carbocycles. The Hall–Kier alpha value is -2.15. The minimum Gasteiger partial charge on any atom is -0.459 e. The van der Waals surface area contributed by atoms with Crippen LogP contribution in [-0.4, -0.2) is 29.6 Å². The Balaban J connectivity index is 2.01. The standard InChI is InChI=1S/C27H31Cl2FN2O3/c1-25(2,3)13-19-27(16-11-10-14(28)12-18(16)31-24(27)34)20(15-8-7-9-17(29)21(15)30)22(32-19)23(33)35-26(4,5)6/h7-12,19-20,22,32H,13H2,1-6H3,(H,31,34)/t19-,20-,22?,27?/m1/s1. The number of carbonyl (C=O) groups excluding carboxylic acids is 2. The summed E-state index contributed by atoms with van der Waals surface area (Å²) in [4.78, 5) is 27.6. The molecule has 4 atom stereocenters. The number of nitrogens with one attached hydrogen (secondary N) is 2. The third-order valence-corrected chi connectivity index (χ3v) is 7.13. The van der Waals surface area contributed by atoms with Crippen LogP contribution in [0.15, 0.2) is 36.4 Å². The quantitative estimate of drug-likeness (QED) is 0.471. The van der Waals surface area contributed by atoms with Crippen LogP contribution in [0.5, 0.6) is 0 Å². The SMILES string of the molecule is CC(C)(C)C[C@H]1NC(C(=O)OC(C)(C)C)[C@@H](c2cccc(Cl)c2F)C12C(=O)Nc1cc(Cl)ccc12. The second kappa shape index (κ2) is 8.75. The molecule has 2 unspecified atom stereocenters. The molecule has 1 fully saturated rings. The zero-order valence-electron chi connectivity index (χ0n) is 20.8. The molecule has 0 aliphatic carbocycles. The van der Waals surface area contributed by atoms with Crippen LogP contribution in [0.25, 0.3) is 0 Å². The van der Waals surface area contributed by atoms with Crippen molar-refractivity contribution in [2.45, 2.75) is 77.0 Å². The highest BCUT2D eigenvalue weighted by Crippen LogP contribution is 2.57. The van der Waals surface area contributed by atoms with E-state index in [1.807, 2.05) is 0 Å². The molecule has 0 radical (unpaired) electrons. The number of hydrogen-bond donors (Lipinski definition) is 2. The van der Waals surface area contributed by atoms with E-state index in [0.717, 1.165) is 0 Å². The summed E-state index contributed by atoms with van der Waals surface area (Å²) >= 11 is 12.4. The van der Waals surface area contributed by atoms with E-state index in [1.165, 1.54) is 6.07 Å². The average Bonchev–Trinajstić information content (AvgIpc) is 3.17. The number of ether oxygens (including phenoxy) is 1. The summed E-state index contributed by atoms with van der Waals surface area (Å²) in [6, 6.07) is 8.38. The van der Waals surface area contributed by atoms with Crippen molar-refractivity contribution in [1.82, 2.24) is 5.32 Å². The lowest BCUT2D eigenvalue weighted by molar-refractivity contribution is -0.157. The van der Waals surface area contributed by atoms with Crippen molar-refractivity contribution in [3.63, 3.8) is 0 Å². The molecule has 1 spiro atoms. The fourth-order valence-corrected chi connectivity index (χ4v) is 5.85. The molecule has 1 saturated heterocycles. The Morgan fingerprint density at radius 3 is 2.43 bits per heavy atom. The Morgan fingerprint density at radius 1 is 1.11 bits per heavy atom. The van der Waals surface area contributed by atoms with Crippen LogP contribution < -0.4 is 10.6 Å². The Labute approximate surface area is 215 Å². The number of anilines is 1. The maximum atomic E-state index is 15.6. The lowest BCUT2D eigenvalue weighted by Gasteiger charge is -2.37. The predicted octanol–water partition coefficient (Wildman–Crippen LogP) is 6.22. The highest BCUT2D eigenvalue weighted by Gasteiger charge is 2.66. The first-order valence-electron chi connectivity index (χ1n) is 11.7. The normalized spacial score (nSPS) is 26.1. The third-order valence-electron chi connectivity index (χ3n) is 6.60. The summed E-state index contributed by atoms with van der Waals surface area (Å²) in [7, 11) is 0. The highest BCUT2D eigenvalue weighted by atomic mass is 35.5. The van der Waals surface area contributed by atoms with Crippen LogP contribution in [0.4, 0.5) is 10.1 Å². The van der Waals surface area contributed by atoms with Gasteiger partial charge in [0.05, 0.1) is 5.02 Å². The van der Waals surface area contributed by atoms with Gasteiger partial charge in [0.25, 0.3) is 0 Å². The molecule has 0 saturated carbocycles. The topological polar surface area (TPSA) is 67.4 Å². The Morgan fingerprint density at radius 2 is 1.80 bits per heavy atom. The van der Waals surface area contributed by atoms with E-state index >= 15 is 4.39 Å². The summed E-state index contributed by atoms with van der Waals surface area (Å²) < 4.78 is 21.4. The van der Waals surface area contributed by atoms with Gasteiger partial charge in [-0.05, 0) is 61.9 Å². The van der Waals surface area contributed by atoms with E-state index in [2.05, 4.69) is 31.4 Å². The Bertz CT molecular complexity index is 1190. The first kappa shape index (κ1) is 25.9. The molecule has 2 heterocycles. The molecule has 1 amide bonds. The van der Waals surface area contributed by atoms with E-state index in [4.69, 9.17) is 27.9 Å². The van der Waals surface area contributed by atoms with Crippen LogP contribution in [0.3, 0.4) is 0 Å². The van der Waals surface area contributed by atoms with Crippen molar-refractivity contribution in [2.24, 2.45) is 5.41 Å². The van der Waals surface area contributed by atoms with Gasteiger partial charge in [-0.3, -0.25) is 14.9 Å². The maximum absolute atomic E-state index is 15.6. The first-order valence-corrected chi connectivity index (χ1v) is 12.4. The summed E-state index contributed by atoms with van der Waals surface area (Å²) in [5.74, 6) is -2.42. The molecular formula is C27H31Cl2FN2O3. The van der Waals surface area contributed by atoms with Crippen LogP contribution in [0, 0.1) is 11.2 Å². The number of benzene rings is 2. The van der Waals surface area contributed by atoms with Gasteiger partial charge in [0.1, 0.15) is 22.9 Å². The van der Waals surface area contributed by atoms with Gasteiger partial charge in [0, 0.05) is 22.7 Å². The molecular weight excluding hydrogens is 490 g/mol. The van der Waals surface area contributed by atoms with E-state index in [1.54, 1.807) is 51.1 Å². The minimum absolute atomic E-state index is 0.0744. The van der Waals surface area contributed by atoms with Gasteiger partial charge in [-0.25, -0.2) is 4.39 Å². The molecule has 4 rings (SSSR count). The van der Waals surface area contributed by atoms with Crippen molar-refractivity contribution >= 4 is 40.8 Å². The predicted molar refractivity (Wildman–Crippen MR) is 137 cm³/mol. The molecule has 35 heavy (non-hydrogen) atoms. The van der Waals surface area contributed by atoms with Gasteiger partial charge in [-0.2, -0.15) is 0 Å². The van der Waals surface area contributed by atoms with E-state index < -0.39 is 40.8 Å². The zero-order valence-corrected chi connectivity index (χ0v) is 22.3. The molecule has 188 valence electrons. The number of fused-ring (bicyclic) bond motifs is 2. The number of carbonyl (C=O) groups is 2. The van der Waals surface area contributed by atoms with Crippen LogP contribution in [-0.2, 0) is 19.7 Å². The lowest BCUT2D eigenvalue weighted by Crippen LogP contribution is -2.49. The summed E-state index contributed by atoms with van der Waals surface area (Å²) in [6.07, 6.45) is 0.542.